The van der Waals surface area contributed by atoms with Crippen molar-refractivity contribution in [3.8, 4) is 11.5 Å². The third kappa shape index (κ3) is 3.80. The Morgan fingerprint density at radius 2 is 1.86 bits per heavy atom. The molecule has 0 radical (unpaired) electrons. The molecule has 0 aliphatic heterocycles. The number of ether oxygens (including phenoxy) is 2. The van der Waals surface area contributed by atoms with Gasteiger partial charge in [0.15, 0.2) is 0 Å². The van der Waals surface area contributed by atoms with Crippen LogP contribution in [0.25, 0.3) is 0 Å². The molecule has 0 amide bonds. The van der Waals surface area contributed by atoms with E-state index in [0.29, 0.717) is 0 Å². The molecule has 0 heterocycles. The molecule has 22 heavy (non-hydrogen) atoms. The van der Waals surface area contributed by atoms with Crippen LogP contribution in [0.1, 0.15) is 29.0 Å². The van der Waals surface area contributed by atoms with Gasteiger partial charge in [-0.25, -0.2) is 0 Å². The van der Waals surface area contributed by atoms with Crippen molar-refractivity contribution in [2.75, 3.05) is 27.8 Å². The third-order valence-corrected chi connectivity index (χ3v) is 3.94. The Kier molecular flexibility index (Phi) is 5.84. The van der Waals surface area contributed by atoms with Gasteiger partial charge in [0.2, 0.25) is 0 Å². The zero-order valence-electron chi connectivity index (χ0n) is 13.8. The van der Waals surface area contributed by atoms with Crippen LogP contribution in [0.3, 0.4) is 0 Å². The summed E-state index contributed by atoms with van der Waals surface area (Å²) in [5, 5.41) is 3.25. The highest BCUT2D eigenvalue weighted by Crippen LogP contribution is 2.36. The maximum Gasteiger partial charge on any atom is 0.122 e. The molecule has 2 rings (SSSR count). The molecule has 118 valence electrons. The summed E-state index contributed by atoms with van der Waals surface area (Å²) >= 11 is 0. The molecule has 2 aromatic carbocycles. The number of hydrogen-bond acceptors (Lipinski definition) is 3. The lowest BCUT2D eigenvalue weighted by Crippen LogP contribution is -2.14. The van der Waals surface area contributed by atoms with E-state index in [2.05, 4.69) is 42.6 Å². The summed E-state index contributed by atoms with van der Waals surface area (Å²) in [4.78, 5) is 0. The lowest BCUT2D eigenvalue weighted by molar-refractivity contribution is 0.405. The van der Waals surface area contributed by atoms with Crippen LogP contribution < -0.4 is 14.8 Å². The lowest BCUT2D eigenvalue weighted by Gasteiger charge is -2.21. The summed E-state index contributed by atoms with van der Waals surface area (Å²) < 4.78 is 11.0. The minimum Gasteiger partial charge on any atom is -0.497 e. The molecule has 1 N–H and O–H groups in total. The molecule has 1 unspecified atom stereocenters. The maximum absolute atomic E-state index is 5.59. The van der Waals surface area contributed by atoms with E-state index >= 15 is 0 Å². The van der Waals surface area contributed by atoms with E-state index in [-0.39, 0.29) is 5.92 Å². The molecule has 0 fully saturated rings. The molecule has 0 bridgehead atoms. The zero-order valence-corrected chi connectivity index (χ0v) is 13.8. The fourth-order valence-corrected chi connectivity index (χ4v) is 2.77. The number of nitrogens with one attached hydrogen (secondary N) is 1. The van der Waals surface area contributed by atoms with E-state index in [9.17, 15) is 0 Å². The minimum atomic E-state index is 0.275. The molecule has 0 saturated heterocycles. The van der Waals surface area contributed by atoms with Gasteiger partial charge in [0, 0.05) is 11.5 Å². The van der Waals surface area contributed by atoms with Gasteiger partial charge in [0.1, 0.15) is 11.5 Å². The van der Waals surface area contributed by atoms with E-state index < -0.39 is 0 Å². The SMILES string of the molecule is CNCCC(c1cccc(OC)c1)c1cc(C)ccc1OC. The van der Waals surface area contributed by atoms with Crippen molar-refractivity contribution < 1.29 is 9.47 Å². The summed E-state index contributed by atoms with van der Waals surface area (Å²) in [7, 11) is 5.42. The molecule has 2 aromatic rings. The van der Waals surface area contributed by atoms with Crippen LogP contribution in [0, 0.1) is 6.92 Å². The molecular weight excluding hydrogens is 274 g/mol. The van der Waals surface area contributed by atoms with Gasteiger partial charge >= 0.3 is 0 Å². The van der Waals surface area contributed by atoms with Crippen molar-refractivity contribution in [3.05, 3.63) is 59.2 Å². The predicted molar refractivity (Wildman–Crippen MR) is 91.1 cm³/mol. The van der Waals surface area contributed by atoms with E-state index in [4.69, 9.17) is 9.47 Å². The number of benzene rings is 2. The van der Waals surface area contributed by atoms with Crippen molar-refractivity contribution in [1.29, 1.82) is 0 Å². The van der Waals surface area contributed by atoms with E-state index in [0.717, 1.165) is 24.5 Å². The summed E-state index contributed by atoms with van der Waals surface area (Å²) in [6, 6.07) is 14.7. The zero-order chi connectivity index (χ0) is 15.9. The number of aryl methyl sites for hydroxylation is 1. The second-order valence-corrected chi connectivity index (χ2v) is 5.47. The van der Waals surface area contributed by atoms with E-state index in [1.807, 2.05) is 19.2 Å². The van der Waals surface area contributed by atoms with Crippen molar-refractivity contribution in [2.24, 2.45) is 0 Å². The van der Waals surface area contributed by atoms with E-state index in [1.54, 1.807) is 14.2 Å². The second kappa shape index (κ2) is 7.85. The average Bonchev–Trinajstić information content (AvgIpc) is 2.55. The fourth-order valence-electron chi connectivity index (χ4n) is 2.77. The van der Waals surface area contributed by atoms with Gasteiger partial charge in [-0.05, 0) is 50.7 Å². The Morgan fingerprint density at radius 3 is 2.55 bits per heavy atom. The molecule has 0 spiro atoms. The van der Waals surface area contributed by atoms with Crippen LogP contribution in [0.15, 0.2) is 42.5 Å². The molecule has 0 saturated carbocycles. The molecular formula is C19H25NO2. The van der Waals surface area contributed by atoms with Gasteiger partial charge in [0.25, 0.3) is 0 Å². The Bertz CT molecular complexity index is 610. The predicted octanol–water partition coefficient (Wildman–Crippen LogP) is 3.75. The second-order valence-electron chi connectivity index (χ2n) is 5.47. The van der Waals surface area contributed by atoms with Gasteiger partial charge in [-0.3, -0.25) is 0 Å². The van der Waals surface area contributed by atoms with Crippen molar-refractivity contribution >= 4 is 0 Å². The molecule has 3 nitrogen and oxygen atoms in total. The first-order chi connectivity index (χ1) is 10.7. The normalized spacial score (nSPS) is 12.0. The summed E-state index contributed by atoms with van der Waals surface area (Å²) in [6.07, 6.45) is 1.00. The highest BCUT2D eigenvalue weighted by atomic mass is 16.5. The quantitative estimate of drug-likeness (QED) is 0.844. The van der Waals surface area contributed by atoms with Crippen molar-refractivity contribution in [2.45, 2.75) is 19.3 Å². The van der Waals surface area contributed by atoms with Crippen LogP contribution in [-0.2, 0) is 0 Å². The highest BCUT2D eigenvalue weighted by Gasteiger charge is 2.18. The first-order valence-corrected chi connectivity index (χ1v) is 7.62. The lowest BCUT2D eigenvalue weighted by atomic mass is 9.87. The van der Waals surface area contributed by atoms with Crippen LogP contribution in [0.4, 0.5) is 0 Å². The molecule has 0 aromatic heterocycles. The number of methoxy groups -OCH3 is 2. The van der Waals surface area contributed by atoms with E-state index in [1.165, 1.54) is 16.7 Å². The number of rotatable bonds is 7. The highest BCUT2D eigenvalue weighted by molar-refractivity contribution is 5.45. The topological polar surface area (TPSA) is 30.5 Å². The fraction of sp³-hybridized carbons (Fsp3) is 0.368. The minimum absolute atomic E-state index is 0.275. The monoisotopic (exact) mass is 299 g/mol. The van der Waals surface area contributed by atoms with Gasteiger partial charge in [-0.1, -0.05) is 29.8 Å². The smallest absolute Gasteiger partial charge is 0.122 e. The number of hydrogen-bond donors (Lipinski definition) is 1. The van der Waals surface area contributed by atoms with Crippen LogP contribution in [0.5, 0.6) is 11.5 Å². The maximum atomic E-state index is 5.59. The van der Waals surface area contributed by atoms with Crippen molar-refractivity contribution in [1.82, 2.24) is 5.32 Å². The Morgan fingerprint density at radius 1 is 1.05 bits per heavy atom. The van der Waals surface area contributed by atoms with Crippen LogP contribution in [0.2, 0.25) is 0 Å². The van der Waals surface area contributed by atoms with Crippen LogP contribution >= 0.6 is 0 Å². The van der Waals surface area contributed by atoms with Gasteiger partial charge in [-0.2, -0.15) is 0 Å². The molecule has 0 aliphatic carbocycles. The molecule has 1 atom stereocenters. The van der Waals surface area contributed by atoms with Gasteiger partial charge < -0.3 is 14.8 Å². The van der Waals surface area contributed by atoms with Gasteiger partial charge in [-0.15, -0.1) is 0 Å². The first-order valence-electron chi connectivity index (χ1n) is 7.62. The molecule has 0 aliphatic rings. The Hall–Kier alpha value is -2.00. The van der Waals surface area contributed by atoms with Gasteiger partial charge in [0.05, 0.1) is 14.2 Å². The third-order valence-electron chi connectivity index (χ3n) is 3.94. The standard InChI is InChI=1S/C19H25NO2/c1-14-8-9-19(22-4)18(12-14)17(10-11-20-2)15-6-5-7-16(13-15)21-3/h5-9,12-13,17,20H,10-11H2,1-4H3. The molecule has 3 heteroatoms. The Labute approximate surface area is 133 Å². The Balaban J connectivity index is 2.47. The van der Waals surface area contributed by atoms with Crippen LogP contribution in [-0.4, -0.2) is 27.8 Å². The summed E-state index contributed by atoms with van der Waals surface area (Å²) in [5.74, 6) is 2.10. The first kappa shape index (κ1) is 16.4. The average molecular weight is 299 g/mol. The van der Waals surface area contributed by atoms with Crippen molar-refractivity contribution in [3.63, 3.8) is 0 Å². The summed E-state index contributed by atoms with van der Waals surface area (Å²) in [6.45, 7) is 3.06. The largest absolute Gasteiger partial charge is 0.497 e. The summed E-state index contributed by atoms with van der Waals surface area (Å²) in [5.41, 5.74) is 3.72.